The molecule has 0 aliphatic heterocycles. The minimum Gasteiger partial charge on any atom is -0.396 e. The zero-order chi connectivity index (χ0) is 4.99. The fraction of sp³-hybridized carbons (Fsp3) is 0.667. The van der Waals surface area contributed by atoms with E-state index < -0.39 is 5.24 Å². The normalized spacial score (nSPS) is 7.14. The molecule has 0 unspecified atom stereocenters. The van der Waals surface area contributed by atoms with E-state index in [0.717, 1.165) is 0 Å². The van der Waals surface area contributed by atoms with Crippen molar-refractivity contribution in [1.82, 2.24) is 0 Å². The van der Waals surface area contributed by atoms with E-state index in [4.69, 9.17) is 16.7 Å². The van der Waals surface area contributed by atoms with E-state index >= 15 is 0 Å². The van der Waals surface area contributed by atoms with Crippen LogP contribution in [0.15, 0.2) is 0 Å². The van der Waals surface area contributed by atoms with E-state index in [2.05, 4.69) is 0 Å². The first-order valence-corrected chi connectivity index (χ1v) is 1.94. The summed E-state index contributed by atoms with van der Waals surface area (Å²) in [5.41, 5.74) is 0. The van der Waals surface area contributed by atoms with E-state index in [1.54, 1.807) is 0 Å². The average molecular weight is 378 g/mol. The number of halogens is 1. The van der Waals surface area contributed by atoms with Gasteiger partial charge in [-0.2, -0.15) is 0 Å². The third-order valence-electron chi connectivity index (χ3n) is 0.308. The van der Waals surface area contributed by atoms with Crippen molar-refractivity contribution in [2.75, 3.05) is 6.61 Å². The van der Waals surface area contributed by atoms with Crippen molar-refractivity contribution in [2.24, 2.45) is 0 Å². The van der Waals surface area contributed by atoms with Gasteiger partial charge >= 0.3 is 0 Å². The molecule has 0 aromatic rings. The fourth-order valence-corrected chi connectivity index (χ4v) is 0.172. The van der Waals surface area contributed by atoms with Crippen molar-refractivity contribution in [3.8, 4) is 0 Å². The van der Waals surface area contributed by atoms with Crippen LogP contribution in [-0.2, 0) is 4.79 Å². The van der Waals surface area contributed by atoms with Gasteiger partial charge in [-0.05, 0) is 11.6 Å². The molecule has 0 saturated heterocycles. The largest absolute Gasteiger partial charge is 0.396 e. The van der Waals surface area contributed by atoms with Crippen molar-refractivity contribution in [1.29, 1.82) is 0 Å². The van der Waals surface area contributed by atoms with Crippen molar-refractivity contribution >= 4 is 16.8 Å². The van der Waals surface area contributed by atoms with Gasteiger partial charge in [-0.3, -0.25) is 4.79 Å². The molecule has 0 aliphatic rings. The number of carbonyl (C=O) groups is 1. The Kier molecular flexibility index (Phi) is 6.55. The number of rotatable bonds is 2. The van der Waals surface area contributed by atoms with Gasteiger partial charge in [-0.25, -0.2) is 0 Å². The summed E-state index contributed by atoms with van der Waals surface area (Å²) in [7, 11) is 0. The molecule has 0 saturated carbocycles. The minimum absolute atomic E-state index is 0. The van der Waals surface area contributed by atoms with Gasteiger partial charge in [0.2, 0.25) is 5.24 Å². The standard InChI is InChI=1S/C3H5ClO2.Sg/c4-3(6)1-2-5;/h5H,1-2H2;. The Morgan fingerprint density at radius 2 is 2.14 bits per heavy atom. The maximum Gasteiger partial charge on any atom is 0.223 e. The van der Waals surface area contributed by atoms with Crippen molar-refractivity contribution in [3.63, 3.8) is 0 Å². The Hall–Kier alpha value is -1.08. The molecule has 0 rings (SSSR count). The SMILES string of the molecule is O=C(Cl)CCO.[Sg]. The Bertz CT molecular complexity index is 56.9. The van der Waals surface area contributed by atoms with Crippen LogP contribution in [0.5, 0.6) is 0 Å². The predicted octanol–water partition coefficient (Wildman–Crippen LogP) is 0.134. The van der Waals surface area contributed by atoms with Crippen molar-refractivity contribution < 1.29 is 9.90 Å². The topological polar surface area (TPSA) is 37.3 Å². The molecule has 4 heteroatoms. The number of aliphatic hydroxyl groups is 1. The van der Waals surface area contributed by atoms with Gasteiger partial charge < -0.3 is 5.11 Å². The van der Waals surface area contributed by atoms with E-state index in [-0.39, 0.29) is 13.0 Å². The van der Waals surface area contributed by atoms with Crippen LogP contribution in [-0.4, -0.2) is 17.0 Å². The van der Waals surface area contributed by atoms with E-state index in [1.165, 1.54) is 0 Å². The van der Waals surface area contributed by atoms with E-state index in [0.29, 0.717) is 0 Å². The quantitative estimate of drug-likeness (QED) is 0.695. The second-order valence-electron chi connectivity index (χ2n) is 0.829. The molecule has 1 N–H and O–H groups in total. The second kappa shape index (κ2) is 4.92. The van der Waals surface area contributed by atoms with Crippen LogP contribution in [0.25, 0.3) is 0 Å². The van der Waals surface area contributed by atoms with Crippen molar-refractivity contribution in [3.05, 3.63) is 0 Å². The van der Waals surface area contributed by atoms with Gasteiger partial charge in [0, 0.05) is 6.42 Å². The third-order valence-corrected chi connectivity index (χ3v) is 0.497. The minimum atomic E-state index is -0.488. The van der Waals surface area contributed by atoms with Gasteiger partial charge in [0.15, 0.2) is 0 Å². The Morgan fingerprint density at radius 1 is 1.71 bits per heavy atom. The smallest absolute Gasteiger partial charge is 0.223 e. The molecule has 0 aromatic carbocycles. The van der Waals surface area contributed by atoms with Crippen LogP contribution < -0.4 is 0 Å². The summed E-state index contributed by atoms with van der Waals surface area (Å²) in [6, 6.07) is 0. The Balaban J connectivity index is 0. The molecule has 7 heavy (non-hydrogen) atoms. The van der Waals surface area contributed by atoms with Gasteiger partial charge in [-0.15, -0.1) is 0 Å². The molecule has 0 bridgehead atoms. The molecular formula is C3H5ClO2Sg. The molecule has 0 aliphatic carbocycles. The summed E-state index contributed by atoms with van der Waals surface area (Å²) >= 11 is 4.78. The van der Waals surface area contributed by atoms with Crippen LogP contribution in [0, 0.1) is 0 Å². The van der Waals surface area contributed by atoms with Crippen LogP contribution in [0.1, 0.15) is 6.42 Å². The average Bonchev–Trinajstić information content (AvgIpc) is 1.35. The Morgan fingerprint density at radius 3 is 2.14 bits per heavy atom. The van der Waals surface area contributed by atoms with Gasteiger partial charge in [0.05, 0.1) is 6.61 Å². The summed E-state index contributed by atoms with van der Waals surface area (Å²) in [6.07, 6.45) is 0.0571. The summed E-state index contributed by atoms with van der Waals surface area (Å²) in [4.78, 5) is 9.65. The van der Waals surface area contributed by atoms with Crippen LogP contribution >= 0.6 is 11.6 Å². The molecule has 0 heterocycles. The maximum absolute atomic E-state index is 9.65. The maximum atomic E-state index is 9.65. The molecule has 0 atom stereocenters. The van der Waals surface area contributed by atoms with Gasteiger partial charge in [-0.1, -0.05) is 0 Å². The monoisotopic (exact) mass is 379 g/mol. The number of aliphatic hydroxyl groups excluding tert-OH is 1. The Labute approximate surface area is 40.7 Å². The van der Waals surface area contributed by atoms with Gasteiger partial charge in [0.25, 0.3) is 0 Å². The zero-order valence-electron chi connectivity index (χ0n) is 3.85. The molecule has 0 radical (unpaired) electrons. The van der Waals surface area contributed by atoms with E-state index in [1.807, 2.05) is 0 Å². The summed E-state index contributed by atoms with van der Waals surface area (Å²) < 4.78 is 0. The number of carbonyl (C=O) groups excluding carboxylic acids is 1. The molecule has 2 nitrogen and oxygen atoms in total. The molecule has 38 valence electrons. The van der Waals surface area contributed by atoms with Crippen LogP contribution in [0.3, 0.4) is 0 Å². The third kappa shape index (κ3) is 11.4. The number of hydrogen-bond donors (Lipinski definition) is 1. The summed E-state index contributed by atoms with van der Waals surface area (Å²) in [6.45, 7) is -0.150. The van der Waals surface area contributed by atoms with Crippen LogP contribution in [0.4, 0.5) is 0 Å². The zero-order valence-corrected chi connectivity index (χ0v) is 11.1. The van der Waals surface area contributed by atoms with Crippen LogP contribution in [0.2, 0.25) is 0 Å². The molecule has 0 fully saturated rings. The first-order chi connectivity index (χ1) is 2.77. The molecule has 0 aromatic heterocycles. The van der Waals surface area contributed by atoms with Crippen molar-refractivity contribution in [2.45, 2.75) is 6.42 Å². The first kappa shape index (κ1) is 9.33. The number of hydrogen-bond acceptors (Lipinski definition) is 2. The fourth-order valence-electron chi connectivity index (χ4n) is 0.0879. The van der Waals surface area contributed by atoms with Gasteiger partial charge in [0.1, 0.15) is 0 Å². The molecular weight excluding hydrogens is 372 g/mol. The summed E-state index contributed by atoms with van der Waals surface area (Å²) in [5, 5.41) is 7.44. The summed E-state index contributed by atoms with van der Waals surface area (Å²) in [5.74, 6) is 0. The molecule has 0 amide bonds. The molecule has 0 spiro atoms. The second-order valence-corrected chi connectivity index (χ2v) is 1.25. The predicted molar refractivity (Wildman–Crippen MR) is 22.6 cm³/mol. The van der Waals surface area contributed by atoms with E-state index in [9.17, 15) is 4.79 Å². The first-order valence-electron chi connectivity index (χ1n) is 1.56.